The van der Waals surface area contributed by atoms with Gasteiger partial charge in [0.05, 0.1) is 35.0 Å². The van der Waals surface area contributed by atoms with Crippen LogP contribution in [0.5, 0.6) is 0 Å². The normalized spacial score (nSPS) is 20.7. The van der Waals surface area contributed by atoms with Crippen molar-refractivity contribution < 1.29 is 28.5 Å². The zero-order chi connectivity index (χ0) is 19.5. The molecule has 2 atom stereocenters. The van der Waals surface area contributed by atoms with Crippen LogP contribution in [-0.4, -0.2) is 52.7 Å². The quantitative estimate of drug-likeness (QED) is 0.428. The van der Waals surface area contributed by atoms with Crippen molar-refractivity contribution in [2.24, 2.45) is 5.92 Å². The molecule has 1 aliphatic heterocycles. The maximum absolute atomic E-state index is 12.6. The summed E-state index contributed by atoms with van der Waals surface area (Å²) in [4.78, 5) is 25.1. The molecule has 0 spiro atoms. The summed E-state index contributed by atoms with van der Waals surface area (Å²) >= 11 is 0. The third kappa shape index (κ3) is 4.16. The fourth-order valence-corrected chi connectivity index (χ4v) is 7.33. The highest BCUT2D eigenvalue weighted by Crippen LogP contribution is 2.41. The van der Waals surface area contributed by atoms with E-state index < -0.39 is 43.4 Å². The van der Waals surface area contributed by atoms with E-state index >= 15 is 0 Å². The second-order valence-electron chi connectivity index (χ2n) is 7.50. The lowest BCUT2D eigenvalue weighted by molar-refractivity contribution is -0.164. The van der Waals surface area contributed by atoms with Gasteiger partial charge in [0.1, 0.15) is 0 Å². The molecule has 2 rings (SSSR count). The van der Waals surface area contributed by atoms with Gasteiger partial charge in [-0.05, 0) is 13.8 Å². The SMILES string of the molecule is COC(=O)C(C(=O)OC)[C@H]([C@@H]1COC(C)(C)O1)[Si](C)(C)c1ccccc1. The Morgan fingerprint density at radius 1 is 1.12 bits per heavy atom. The van der Waals surface area contributed by atoms with Gasteiger partial charge in [0.2, 0.25) is 0 Å². The molecule has 0 unspecified atom stereocenters. The lowest BCUT2D eigenvalue weighted by Crippen LogP contribution is -2.56. The number of carbonyl (C=O) groups is 2. The minimum atomic E-state index is -2.36. The summed E-state index contributed by atoms with van der Waals surface area (Å²) in [6, 6.07) is 9.93. The van der Waals surface area contributed by atoms with Crippen LogP contribution >= 0.6 is 0 Å². The first-order valence-corrected chi connectivity index (χ1v) is 11.7. The summed E-state index contributed by atoms with van der Waals surface area (Å²) in [5.74, 6) is -3.03. The number of carbonyl (C=O) groups excluding carboxylic acids is 2. The lowest BCUT2D eigenvalue weighted by atomic mass is 10.0. The van der Waals surface area contributed by atoms with Crippen molar-refractivity contribution in [3.8, 4) is 0 Å². The van der Waals surface area contributed by atoms with Crippen LogP contribution < -0.4 is 5.19 Å². The molecule has 0 N–H and O–H groups in total. The summed E-state index contributed by atoms with van der Waals surface area (Å²) in [5, 5.41) is 1.12. The molecule has 1 heterocycles. The maximum atomic E-state index is 12.6. The molecular formula is C19H28O6Si. The van der Waals surface area contributed by atoms with Crippen molar-refractivity contribution in [3.05, 3.63) is 30.3 Å². The highest BCUT2D eigenvalue weighted by molar-refractivity contribution is 6.91. The van der Waals surface area contributed by atoms with E-state index in [2.05, 4.69) is 13.1 Å². The molecule has 0 aliphatic carbocycles. The van der Waals surface area contributed by atoms with Crippen LogP contribution in [0.3, 0.4) is 0 Å². The Balaban J connectivity index is 2.54. The van der Waals surface area contributed by atoms with Gasteiger partial charge < -0.3 is 18.9 Å². The van der Waals surface area contributed by atoms with Crippen molar-refractivity contribution in [2.75, 3.05) is 20.8 Å². The minimum Gasteiger partial charge on any atom is -0.468 e. The van der Waals surface area contributed by atoms with E-state index in [0.29, 0.717) is 6.61 Å². The smallest absolute Gasteiger partial charge is 0.320 e. The number of benzene rings is 1. The standard InChI is InChI=1S/C19H28O6Si/c1-19(2)24-12-14(25-19)16(15(17(20)22-3)18(21)23-4)26(5,6)13-10-8-7-9-11-13/h7-11,14-16H,12H2,1-6H3/t14-,16-/m0/s1. The average Bonchev–Trinajstić information content (AvgIpc) is 2.98. The van der Waals surface area contributed by atoms with Crippen LogP contribution in [0.2, 0.25) is 18.6 Å². The Hall–Kier alpha value is -1.70. The van der Waals surface area contributed by atoms with Gasteiger partial charge in [0.25, 0.3) is 0 Å². The Morgan fingerprint density at radius 2 is 1.65 bits per heavy atom. The van der Waals surface area contributed by atoms with Gasteiger partial charge in [-0.15, -0.1) is 0 Å². The molecule has 1 aliphatic rings. The third-order valence-corrected chi connectivity index (χ3v) is 9.24. The summed E-state index contributed by atoms with van der Waals surface area (Å²) in [5.41, 5.74) is -0.397. The van der Waals surface area contributed by atoms with Crippen LogP contribution in [0.25, 0.3) is 0 Å². The highest BCUT2D eigenvalue weighted by atomic mass is 28.3. The Labute approximate surface area is 155 Å². The minimum absolute atomic E-state index is 0.311. The van der Waals surface area contributed by atoms with Crippen molar-refractivity contribution in [2.45, 2.75) is 44.4 Å². The molecule has 26 heavy (non-hydrogen) atoms. The summed E-state index contributed by atoms with van der Waals surface area (Å²) in [6.45, 7) is 8.21. The second-order valence-corrected chi connectivity index (χ2v) is 12.2. The molecule has 0 radical (unpaired) electrons. The Morgan fingerprint density at radius 3 is 2.08 bits per heavy atom. The molecule has 0 saturated carbocycles. The van der Waals surface area contributed by atoms with Gasteiger partial charge in [-0.1, -0.05) is 48.6 Å². The van der Waals surface area contributed by atoms with Gasteiger partial charge in [-0.2, -0.15) is 0 Å². The van der Waals surface area contributed by atoms with Crippen LogP contribution in [0.1, 0.15) is 13.8 Å². The summed E-state index contributed by atoms with van der Waals surface area (Å²) in [6.07, 6.45) is -0.407. The predicted octanol–water partition coefficient (Wildman–Crippen LogP) is 2.09. The monoisotopic (exact) mass is 380 g/mol. The molecule has 0 amide bonds. The number of hydrogen-bond donors (Lipinski definition) is 0. The van der Waals surface area contributed by atoms with Gasteiger partial charge in [-0.25, -0.2) is 0 Å². The maximum Gasteiger partial charge on any atom is 0.320 e. The van der Waals surface area contributed by atoms with Gasteiger partial charge in [0, 0.05) is 5.54 Å². The number of ether oxygens (including phenoxy) is 4. The average molecular weight is 381 g/mol. The van der Waals surface area contributed by atoms with Crippen LogP contribution in [-0.2, 0) is 28.5 Å². The summed E-state index contributed by atoms with van der Waals surface area (Å²) < 4.78 is 21.7. The fourth-order valence-electron chi connectivity index (χ4n) is 3.69. The molecule has 7 heteroatoms. The van der Waals surface area contributed by atoms with Crippen molar-refractivity contribution in [1.29, 1.82) is 0 Å². The van der Waals surface area contributed by atoms with E-state index in [1.165, 1.54) is 14.2 Å². The van der Waals surface area contributed by atoms with Crippen molar-refractivity contribution >= 4 is 25.2 Å². The zero-order valence-corrected chi connectivity index (χ0v) is 17.3. The van der Waals surface area contributed by atoms with Crippen LogP contribution in [0.15, 0.2) is 30.3 Å². The number of rotatable bonds is 6. The number of methoxy groups -OCH3 is 2. The molecule has 1 fully saturated rings. The van der Waals surface area contributed by atoms with E-state index in [1.54, 1.807) is 0 Å². The van der Waals surface area contributed by atoms with E-state index in [1.807, 2.05) is 44.2 Å². The van der Waals surface area contributed by atoms with Gasteiger partial charge in [0.15, 0.2) is 11.7 Å². The van der Waals surface area contributed by atoms with Crippen molar-refractivity contribution in [3.63, 3.8) is 0 Å². The van der Waals surface area contributed by atoms with Gasteiger partial charge >= 0.3 is 11.9 Å². The van der Waals surface area contributed by atoms with Crippen LogP contribution in [0.4, 0.5) is 0 Å². The molecule has 0 bridgehead atoms. The summed E-state index contributed by atoms with van der Waals surface area (Å²) in [7, 11) is 0.196. The largest absolute Gasteiger partial charge is 0.468 e. The molecule has 1 aromatic carbocycles. The molecule has 1 saturated heterocycles. The fraction of sp³-hybridized carbons (Fsp3) is 0.579. The predicted molar refractivity (Wildman–Crippen MR) is 99.7 cm³/mol. The van der Waals surface area contributed by atoms with E-state index in [9.17, 15) is 9.59 Å². The van der Waals surface area contributed by atoms with E-state index in [4.69, 9.17) is 18.9 Å². The first-order chi connectivity index (χ1) is 12.1. The first-order valence-electron chi connectivity index (χ1n) is 8.67. The Kier molecular flexibility index (Phi) is 6.26. The van der Waals surface area contributed by atoms with E-state index in [0.717, 1.165) is 5.19 Å². The molecule has 0 aromatic heterocycles. The number of hydrogen-bond acceptors (Lipinski definition) is 6. The molecule has 144 valence electrons. The van der Waals surface area contributed by atoms with E-state index in [-0.39, 0.29) is 0 Å². The molecular weight excluding hydrogens is 352 g/mol. The molecule has 1 aromatic rings. The van der Waals surface area contributed by atoms with Gasteiger partial charge in [-0.3, -0.25) is 9.59 Å². The third-order valence-electron chi connectivity index (χ3n) is 5.05. The lowest BCUT2D eigenvalue weighted by Gasteiger charge is -2.39. The van der Waals surface area contributed by atoms with Crippen molar-refractivity contribution in [1.82, 2.24) is 0 Å². The number of esters is 2. The zero-order valence-electron chi connectivity index (χ0n) is 16.3. The first kappa shape index (κ1) is 20.6. The van der Waals surface area contributed by atoms with Crippen LogP contribution in [0, 0.1) is 5.92 Å². The Bertz CT molecular complexity index is 627. The topological polar surface area (TPSA) is 71.1 Å². The second kappa shape index (κ2) is 7.90. The highest BCUT2D eigenvalue weighted by Gasteiger charge is 2.54. The molecule has 6 nitrogen and oxygen atoms in total.